The monoisotopic (exact) mass is 256 g/mol. The highest BCUT2D eigenvalue weighted by Gasteiger charge is 2.15. The average molecular weight is 256 g/mol. The van der Waals surface area contributed by atoms with Crippen LogP contribution in [0.1, 0.15) is 46.5 Å². The fraction of sp³-hybridized carbons (Fsp3) is 0.800. The summed E-state index contributed by atoms with van der Waals surface area (Å²) in [7, 11) is 0. The van der Waals surface area contributed by atoms with Crippen LogP contribution < -0.4 is 0 Å². The zero-order valence-corrected chi connectivity index (χ0v) is 12.1. The fourth-order valence-electron chi connectivity index (χ4n) is 2.06. The van der Waals surface area contributed by atoms with Crippen LogP contribution in [0.25, 0.3) is 0 Å². The molecule has 0 aromatic rings. The zero-order chi connectivity index (χ0) is 13.8. The van der Waals surface area contributed by atoms with E-state index in [1.807, 2.05) is 13.0 Å². The van der Waals surface area contributed by atoms with Crippen molar-refractivity contribution in [1.29, 1.82) is 0 Å². The summed E-state index contributed by atoms with van der Waals surface area (Å²) in [4.78, 5) is 10.9. The first-order chi connectivity index (χ1) is 8.63. The van der Waals surface area contributed by atoms with Crippen LogP contribution in [0.3, 0.4) is 0 Å². The second-order valence-electron chi connectivity index (χ2n) is 4.69. The number of rotatable bonds is 11. The minimum atomic E-state index is -0.202. The van der Waals surface area contributed by atoms with Crippen LogP contribution in [-0.2, 0) is 14.3 Å². The lowest BCUT2D eigenvalue weighted by Gasteiger charge is -2.21. The summed E-state index contributed by atoms with van der Waals surface area (Å²) < 4.78 is 10.5. The molecule has 3 nitrogen and oxygen atoms in total. The van der Waals surface area contributed by atoms with Crippen LogP contribution in [0.2, 0.25) is 0 Å². The normalized spacial score (nSPS) is 13.9. The predicted octanol–water partition coefficient (Wildman–Crippen LogP) is 3.58. The Morgan fingerprint density at radius 3 is 2.56 bits per heavy atom. The van der Waals surface area contributed by atoms with Gasteiger partial charge in [-0.1, -0.05) is 19.4 Å². The maximum atomic E-state index is 10.9. The second-order valence-corrected chi connectivity index (χ2v) is 4.69. The summed E-state index contributed by atoms with van der Waals surface area (Å²) in [5.74, 6) is 0.821. The predicted molar refractivity (Wildman–Crippen MR) is 74.4 cm³/mol. The van der Waals surface area contributed by atoms with Crippen molar-refractivity contribution >= 4 is 5.97 Å². The highest BCUT2D eigenvalue weighted by molar-refractivity contribution is 5.65. The SMILES string of the molecule is C=CCC(COC(C)=O)CC(CC)CCOCC. The average Bonchev–Trinajstić information content (AvgIpc) is 2.34. The summed E-state index contributed by atoms with van der Waals surface area (Å²) in [5, 5.41) is 0. The van der Waals surface area contributed by atoms with Crippen LogP contribution in [0.5, 0.6) is 0 Å². The first kappa shape index (κ1) is 17.2. The number of ether oxygens (including phenoxy) is 2. The van der Waals surface area contributed by atoms with Crippen LogP contribution in [0, 0.1) is 11.8 Å². The molecule has 3 heteroatoms. The van der Waals surface area contributed by atoms with Gasteiger partial charge in [-0.15, -0.1) is 6.58 Å². The van der Waals surface area contributed by atoms with E-state index < -0.39 is 0 Å². The van der Waals surface area contributed by atoms with Crippen molar-refractivity contribution in [2.75, 3.05) is 19.8 Å². The van der Waals surface area contributed by atoms with Gasteiger partial charge in [-0.3, -0.25) is 4.79 Å². The third-order valence-corrected chi connectivity index (χ3v) is 3.14. The van der Waals surface area contributed by atoms with Crippen LogP contribution in [-0.4, -0.2) is 25.8 Å². The Labute approximate surface area is 112 Å². The van der Waals surface area contributed by atoms with Gasteiger partial charge in [0.15, 0.2) is 0 Å². The minimum Gasteiger partial charge on any atom is -0.466 e. The van der Waals surface area contributed by atoms with Crippen LogP contribution in [0.4, 0.5) is 0 Å². The van der Waals surface area contributed by atoms with E-state index >= 15 is 0 Å². The maximum Gasteiger partial charge on any atom is 0.302 e. The molecule has 0 aliphatic heterocycles. The lowest BCUT2D eigenvalue weighted by Crippen LogP contribution is -2.17. The molecule has 0 aromatic carbocycles. The molecule has 106 valence electrons. The van der Waals surface area contributed by atoms with Crippen LogP contribution in [0.15, 0.2) is 12.7 Å². The number of allylic oxidation sites excluding steroid dienone is 1. The molecule has 0 rings (SSSR count). The van der Waals surface area contributed by atoms with E-state index in [1.54, 1.807) is 0 Å². The Kier molecular flexibility index (Phi) is 10.8. The van der Waals surface area contributed by atoms with Gasteiger partial charge in [-0.2, -0.15) is 0 Å². The summed E-state index contributed by atoms with van der Waals surface area (Å²) in [6.07, 6.45) is 6.10. The van der Waals surface area contributed by atoms with Gasteiger partial charge in [0.2, 0.25) is 0 Å². The number of hydrogen-bond acceptors (Lipinski definition) is 3. The Morgan fingerprint density at radius 1 is 1.33 bits per heavy atom. The van der Waals surface area contributed by atoms with Crippen molar-refractivity contribution in [2.24, 2.45) is 11.8 Å². The van der Waals surface area contributed by atoms with Crippen molar-refractivity contribution < 1.29 is 14.3 Å². The van der Waals surface area contributed by atoms with Crippen molar-refractivity contribution in [3.8, 4) is 0 Å². The maximum absolute atomic E-state index is 10.9. The van der Waals surface area contributed by atoms with Gasteiger partial charge < -0.3 is 9.47 Å². The molecule has 18 heavy (non-hydrogen) atoms. The molecule has 0 N–H and O–H groups in total. The third kappa shape index (κ3) is 9.23. The Hall–Kier alpha value is -0.830. The minimum absolute atomic E-state index is 0.202. The van der Waals surface area contributed by atoms with E-state index in [1.165, 1.54) is 6.92 Å². The largest absolute Gasteiger partial charge is 0.466 e. The number of carbonyl (C=O) groups is 1. The van der Waals surface area contributed by atoms with E-state index in [4.69, 9.17) is 9.47 Å². The molecule has 0 saturated heterocycles. The molecular formula is C15H28O3. The molecule has 0 amide bonds. The lowest BCUT2D eigenvalue weighted by atomic mass is 9.89. The van der Waals surface area contributed by atoms with E-state index in [2.05, 4.69) is 13.5 Å². The van der Waals surface area contributed by atoms with Crippen molar-refractivity contribution in [3.05, 3.63) is 12.7 Å². The second kappa shape index (κ2) is 11.3. The van der Waals surface area contributed by atoms with Gasteiger partial charge in [-0.05, 0) is 38.0 Å². The molecule has 2 unspecified atom stereocenters. The zero-order valence-electron chi connectivity index (χ0n) is 12.1. The van der Waals surface area contributed by atoms with E-state index in [-0.39, 0.29) is 5.97 Å². The lowest BCUT2D eigenvalue weighted by molar-refractivity contribution is -0.142. The molecular weight excluding hydrogens is 228 g/mol. The van der Waals surface area contributed by atoms with E-state index in [0.29, 0.717) is 18.4 Å². The van der Waals surface area contributed by atoms with Gasteiger partial charge in [-0.25, -0.2) is 0 Å². The standard InChI is InChI=1S/C15H28O3/c1-5-8-15(12-18-13(4)16)11-14(6-2)9-10-17-7-3/h5,14-15H,1,6-12H2,2-4H3. The molecule has 2 atom stereocenters. The molecule has 0 aliphatic carbocycles. The Balaban J connectivity index is 4.07. The van der Waals surface area contributed by atoms with E-state index in [9.17, 15) is 4.79 Å². The number of esters is 1. The van der Waals surface area contributed by atoms with Crippen molar-refractivity contribution in [3.63, 3.8) is 0 Å². The Morgan fingerprint density at radius 2 is 2.06 bits per heavy atom. The van der Waals surface area contributed by atoms with E-state index in [0.717, 1.165) is 38.9 Å². The third-order valence-electron chi connectivity index (χ3n) is 3.14. The topological polar surface area (TPSA) is 35.5 Å². The number of carbonyl (C=O) groups excluding carboxylic acids is 1. The van der Waals surface area contributed by atoms with Gasteiger partial charge in [0.05, 0.1) is 6.61 Å². The molecule has 0 bridgehead atoms. The smallest absolute Gasteiger partial charge is 0.302 e. The summed E-state index contributed by atoms with van der Waals surface area (Å²) in [5.41, 5.74) is 0. The summed E-state index contributed by atoms with van der Waals surface area (Å²) in [6, 6.07) is 0. The van der Waals surface area contributed by atoms with Gasteiger partial charge in [0.1, 0.15) is 0 Å². The fourth-order valence-corrected chi connectivity index (χ4v) is 2.06. The number of hydrogen-bond donors (Lipinski definition) is 0. The van der Waals surface area contributed by atoms with Gasteiger partial charge >= 0.3 is 5.97 Å². The highest BCUT2D eigenvalue weighted by atomic mass is 16.5. The molecule has 0 heterocycles. The van der Waals surface area contributed by atoms with Crippen LogP contribution >= 0.6 is 0 Å². The van der Waals surface area contributed by atoms with Gasteiger partial charge in [0, 0.05) is 20.1 Å². The van der Waals surface area contributed by atoms with Crippen molar-refractivity contribution in [2.45, 2.75) is 46.5 Å². The molecule has 0 radical (unpaired) electrons. The quantitative estimate of drug-likeness (QED) is 0.322. The molecule has 0 aliphatic rings. The molecule has 0 fully saturated rings. The summed E-state index contributed by atoms with van der Waals surface area (Å²) >= 11 is 0. The molecule has 0 spiro atoms. The molecule has 0 aromatic heterocycles. The highest BCUT2D eigenvalue weighted by Crippen LogP contribution is 2.22. The first-order valence-electron chi connectivity index (χ1n) is 6.95. The summed E-state index contributed by atoms with van der Waals surface area (Å²) in [6.45, 7) is 11.6. The molecule has 0 saturated carbocycles. The van der Waals surface area contributed by atoms with Gasteiger partial charge in [0.25, 0.3) is 0 Å². The van der Waals surface area contributed by atoms with Crippen molar-refractivity contribution in [1.82, 2.24) is 0 Å². The Bertz CT molecular complexity index is 226. The first-order valence-corrected chi connectivity index (χ1v) is 6.95.